The summed E-state index contributed by atoms with van der Waals surface area (Å²) in [5, 5.41) is 0. The highest BCUT2D eigenvalue weighted by molar-refractivity contribution is 9.10. The maximum absolute atomic E-state index is 12.3. The molecule has 0 aromatic heterocycles. The van der Waals surface area contributed by atoms with Crippen molar-refractivity contribution in [3.8, 4) is 0 Å². The van der Waals surface area contributed by atoms with Crippen molar-refractivity contribution in [1.82, 2.24) is 0 Å². The molecule has 0 saturated carbocycles. The van der Waals surface area contributed by atoms with Gasteiger partial charge in [-0.05, 0) is 46.3 Å². The van der Waals surface area contributed by atoms with Crippen molar-refractivity contribution in [3.63, 3.8) is 0 Å². The van der Waals surface area contributed by atoms with Gasteiger partial charge < -0.3 is 0 Å². The van der Waals surface area contributed by atoms with Crippen LogP contribution < -0.4 is 0 Å². The highest BCUT2D eigenvalue weighted by Gasteiger charge is 2.30. The molecule has 0 fully saturated rings. The molecule has 0 amide bonds. The number of rotatable bonds is 3. The number of halogens is 4. The van der Waals surface area contributed by atoms with E-state index in [0.29, 0.717) is 4.47 Å². The van der Waals surface area contributed by atoms with E-state index in [4.69, 9.17) is 0 Å². The van der Waals surface area contributed by atoms with E-state index in [9.17, 15) is 13.2 Å². The first-order valence-corrected chi connectivity index (χ1v) is 6.22. The third-order valence-corrected chi connectivity index (χ3v) is 3.92. The van der Waals surface area contributed by atoms with E-state index in [1.54, 1.807) is 11.8 Å². The second-order valence-corrected chi connectivity index (χ2v) is 4.98. The summed E-state index contributed by atoms with van der Waals surface area (Å²) in [5.74, 6) is 0.907. The van der Waals surface area contributed by atoms with E-state index >= 15 is 0 Å². The molecule has 5 heteroatoms. The Morgan fingerprint density at radius 1 is 1.33 bits per heavy atom. The number of benzene rings is 1. The first-order valence-electron chi connectivity index (χ1n) is 4.44. The zero-order valence-electron chi connectivity index (χ0n) is 8.07. The van der Waals surface area contributed by atoms with Crippen molar-refractivity contribution in [3.05, 3.63) is 28.2 Å². The lowest BCUT2D eigenvalue weighted by atomic mass is 10.2. The van der Waals surface area contributed by atoms with Crippen LogP contribution in [0.25, 0.3) is 0 Å². The van der Waals surface area contributed by atoms with Crippen molar-refractivity contribution in [1.29, 1.82) is 0 Å². The second kappa shape index (κ2) is 5.25. The molecular formula is C10H10BrF3S. The average Bonchev–Trinajstić information content (AvgIpc) is 2.14. The van der Waals surface area contributed by atoms with Crippen LogP contribution in [-0.2, 0) is 6.18 Å². The van der Waals surface area contributed by atoms with Crippen LogP contribution in [0.15, 0.2) is 27.6 Å². The molecule has 15 heavy (non-hydrogen) atoms. The van der Waals surface area contributed by atoms with E-state index < -0.39 is 11.7 Å². The first-order chi connectivity index (χ1) is 6.95. The molecule has 0 aliphatic heterocycles. The molecule has 0 aliphatic rings. The van der Waals surface area contributed by atoms with Gasteiger partial charge in [0.2, 0.25) is 0 Å². The smallest absolute Gasteiger partial charge is 0.166 e. The van der Waals surface area contributed by atoms with Gasteiger partial charge in [-0.25, -0.2) is 0 Å². The lowest BCUT2D eigenvalue weighted by Crippen LogP contribution is -2.04. The Morgan fingerprint density at radius 2 is 2.00 bits per heavy atom. The summed E-state index contributed by atoms with van der Waals surface area (Å²) < 4.78 is 37.5. The Hall–Kier alpha value is -0.160. The maximum Gasteiger partial charge on any atom is 0.416 e. The largest absolute Gasteiger partial charge is 0.416 e. The Kier molecular flexibility index (Phi) is 4.52. The quantitative estimate of drug-likeness (QED) is 0.710. The minimum Gasteiger partial charge on any atom is -0.166 e. The summed E-state index contributed by atoms with van der Waals surface area (Å²) in [6, 6.07) is 3.74. The molecule has 0 bridgehead atoms. The summed E-state index contributed by atoms with van der Waals surface area (Å²) in [4.78, 5) is 0.852. The van der Waals surface area contributed by atoms with Crippen LogP contribution in [0.1, 0.15) is 18.9 Å². The lowest BCUT2D eigenvalue weighted by molar-refractivity contribution is -0.137. The van der Waals surface area contributed by atoms with Gasteiger partial charge in [0, 0.05) is 9.37 Å². The fourth-order valence-corrected chi connectivity index (χ4v) is 2.51. The van der Waals surface area contributed by atoms with E-state index in [2.05, 4.69) is 15.9 Å². The molecule has 84 valence electrons. The molecule has 0 spiro atoms. The minimum atomic E-state index is -4.27. The normalized spacial score (nSPS) is 11.8. The first kappa shape index (κ1) is 12.9. The molecule has 1 rings (SSSR count). The Bertz CT molecular complexity index is 336. The number of alkyl halides is 3. The van der Waals surface area contributed by atoms with Crippen LogP contribution in [0.4, 0.5) is 13.2 Å². The predicted octanol–water partition coefficient (Wildman–Crippen LogP) is 4.97. The fraction of sp³-hybridized carbons (Fsp3) is 0.400. The third-order valence-electron chi connectivity index (χ3n) is 1.72. The number of hydrogen-bond acceptors (Lipinski definition) is 1. The molecule has 0 unspecified atom stereocenters. The van der Waals surface area contributed by atoms with E-state index in [0.717, 1.165) is 29.2 Å². The van der Waals surface area contributed by atoms with Crippen LogP contribution in [0, 0.1) is 0 Å². The zero-order valence-corrected chi connectivity index (χ0v) is 10.5. The van der Waals surface area contributed by atoms with Gasteiger partial charge in [-0.2, -0.15) is 13.2 Å². The number of hydrogen-bond donors (Lipinski definition) is 0. The van der Waals surface area contributed by atoms with Crippen LogP contribution in [-0.4, -0.2) is 5.75 Å². The standard InChI is InChI=1S/C10H10BrF3S/c1-2-5-15-9-4-3-7(6-8(9)11)10(12,13)14/h3-4,6H,2,5H2,1H3. The monoisotopic (exact) mass is 298 g/mol. The van der Waals surface area contributed by atoms with E-state index in [1.807, 2.05) is 6.92 Å². The molecule has 1 aromatic rings. The van der Waals surface area contributed by atoms with Gasteiger partial charge >= 0.3 is 6.18 Å². The van der Waals surface area contributed by atoms with Crippen molar-refractivity contribution in [2.75, 3.05) is 5.75 Å². The molecule has 0 nitrogen and oxygen atoms in total. The van der Waals surface area contributed by atoms with Gasteiger partial charge in [-0.15, -0.1) is 11.8 Å². The molecular weight excluding hydrogens is 289 g/mol. The average molecular weight is 299 g/mol. The van der Waals surface area contributed by atoms with Crippen molar-refractivity contribution < 1.29 is 13.2 Å². The molecule has 0 aliphatic carbocycles. The Labute approximate surface area is 99.4 Å². The van der Waals surface area contributed by atoms with Gasteiger partial charge in [0.25, 0.3) is 0 Å². The van der Waals surface area contributed by atoms with Crippen molar-refractivity contribution in [2.45, 2.75) is 24.4 Å². The maximum atomic E-state index is 12.3. The third kappa shape index (κ3) is 3.72. The van der Waals surface area contributed by atoms with Crippen LogP contribution >= 0.6 is 27.7 Å². The summed E-state index contributed by atoms with van der Waals surface area (Å²) in [7, 11) is 0. The molecule has 1 aromatic carbocycles. The predicted molar refractivity (Wildman–Crippen MR) is 60.2 cm³/mol. The summed E-state index contributed by atoms with van der Waals surface area (Å²) in [6.45, 7) is 2.03. The topological polar surface area (TPSA) is 0 Å². The Balaban J connectivity index is 2.88. The zero-order chi connectivity index (χ0) is 11.5. The van der Waals surface area contributed by atoms with E-state index in [-0.39, 0.29) is 0 Å². The SMILES string of the molecule is CCCSc1ccc(C(F)(F)F)cc1Br. The summed E-state index contributed by atoms with van der Waals surface area (Å²) >= 11 is 4.70. The van der Waals surface area contributed by atoms with Crippen LogP contribution in [0.2, 0.25) is 0 Å². The molecule has 0 radical (unpaired) electrons. The fourth-order valence-electron chi connectivity index (χ4n) is 1.01. The van der Waals surface area contributed by atoms with Gasteiger partial charge in [-0.3, -0.25) is 0 Å². The summed E-state index contributed by atoms with van der Waals surface area (Å²) in [6.07, 6.45) is -3.27. The highest BCUT2D eigenvalue weighted by Crippen LogP contribution is 2.35. The molecule has 0 atom stereocenters. The molecule has 0 N–H and O–H groups in total. The Morgan fingerprint density at radius 3 is 2.47 bits per heavy atom. The van der Waals surface area contributed by atoms with Crippen molar-refractivity contribution in [2.24, 2.45) is 0 Å². The second-order valence-electron chi connectivity index (χ2n) is 2.99. The van der Waals surface area contributed by atoms with E-state index in [1.165, 1.54) is 6.07 Å². The summed E-state index contributed by atoms with van der Waals surface area (Å²) in [5.41, 5.74) is -0.616. The molecule has 0 heterocycles. The molecule has 0 saturated heterocycles. The minimum absolute atomic E-state index is 0.510. The number of thioether (sulfide) groups is 1. The van der Waals surface area contributed by atoms with Gasteiger partial charge in [-0.1, -0.05) is 6.92 Å². The van der Waals surface area contributed by atoms with Crippen LogP contribution in [0.3, 0.4) is 0 Å². The lowest BCUT2D eigenvalue weighted by Gasteiger charge is -2.09. The highest BCUT2D eigenvalue weighted by atomic mass is 79.9. The van der Waals surface area contributed by atoms with Crippen LogP contribution in [0.5, 0.6) is 0 Å². The van der Waals surface area contributed by atoms with Gasteiger partial charge in [0.15, 0.2) is 0 Å². The van der Waals surface area contributed by atoms with Gasteiger partial charge in [0.05, 0.1) is 5.56 Å². The van der Waals surface area contributed by atoms with Gasteiger partial charge in [0.1, 0.15) is 0 Å². The van der Waals surface area contributed by atoms with Crippen molar-refractivity contribution >= 4 is 27.7 Å².